The van der Waals surface area contributed by atoms with Gasteiger partial charge < -0.3 is 10.2 Å². The third kappa shape index (κ3) is 4.98. The highest BCUT2D eigenvalue weighted by Crippen LogP contribution is 2.31. The third-order valence-corrected chi connectivity index (χ3v) is 5.51. The van der Waals surface area contributed by atoms with Crippen LogP contribution in [0, 0.1) is 17.8 Å². The van der Waals surface area contributed by atoms with E-state index < -0.39 is 0 Å². The Morgan fingerprint density at radius 1 is 1.14 bits per heavy atom. The Kier molecular flexibility index (Phi) is 7.01. The normalized spacial score (nSPS) is 25.8. The number of carbonyl (C=O) groups excluding carboxylic acids is 1. The monoisotopic (exact) mass is 294 g/mol. The standard InChI is InChI=1S/C18H34N2O/c1-3-17(12-15-8-5-4-6-9-15)18(21)20-11-7-10-16(14-20)13-19-2/h15-17,19H,3-14H2,1-2H3. The van der Waals surface area contributed by atoms with E-state index in [0.717, 1.165) is 38.4 Å². The number of nitrogens with one attached hydrogen (secondary N) is 1. The van der Waals surface area contributed by atoms with Crippen LogP contribution in [0.1, 0.15) is 64.7 Å². The number of hydrogen-bond acceptors (Lipinski definition) is 2. The van der Waals surface area contributed by atoms with Crippen molar-refractivity contribution in [1.82, 2.24) is 10.2 Å². The van der Waals surface area contributed by atoms with Crippen molar-refractivity contribution < 1.29 is 4.79 Å². The van der Waals surface area contributed by atoms with Crippen molar-refractivity contribution in [2.45, 2.75) is 64.7 Å². The van der Waals surface area contributed by atoms with Crippen molar-refractivity contribution in [1.29, 1.82) is 0 Å². The summed E-state index contributed by atoms with van der Waals surface area (Å²) in [5.74, 6) is 2.19. The molecular formula is C18H34N2O. The lowest BCUT2D eigenvalue weighted by Crippen LogP contribution is -2.45. The lowest BCUT2D eigenvalue weighted by Gasteiger charge is -2.36. The van der Waals surface area contributed by atoms with Gasteiger partial charge in [-0.2, -0.15) is 0 Å². The highest BCUT2D eigenvalue weighted by atomic mass is 16.2. The fourth-order valence-corrected chi connectivity index (χ4v) is 4.25. The summed E-state index contributed by atoms with van der Waals surface area (Å²) in [4.78, 5) is 15.0. The van der Waals surface area contributed by atoms with Crippen LogP contribution in [-0.2, 0) is 4.79 Å². The SMILES string of the molecule is CCC(CC1CCCCC1)C(=O)N1CCCC(CNC)C1. The van der Waals surface area contributed by atoms with Gasteiger partial charge in [0.2, 0.25) is 5.91 Å². The number of piperidine rings is 1. The predicted octanol–water partition coefficient (Wildman–Crippen LogP) is 3.44. The zero-order chi connectivity index (χ0) is 15.1. The van der Waals surface area contributed by atoms with Crippen molar-refractivity contribution in [3.63, 3.8) is 0 Å². The van der Waals surface area contributed by atoms with E-state index in [1.165, 1.54) is 44.9 Å². The maximum absolute atomic E-state index is 12.9. The minimum absolute atomic E-state index is 0.279. The molecule has 1 aliphatic carbocycles. The van der Waals surface area contributed by atoms with E-state index in [-0.39, 0.29) is 5.92 Å². The number of nitrogens with zero attached hydrogens (tertiary/aromatic N) is 1. The molecule has 0 aromatic carbocycles. The minimum atomic E-state index is 0.279. The molecule has 3 heteroatoms. The number of likely N-dealkylation sites (tertiary alicyclic amines) is 1. The van der Waals surface area contributed by atoms with Crippen LogP contribution in [0.3, 0.4) is 0 Å². The van der Waals surface area contributed by atoms with E-state index in [0.29, 0.717) is 11.8 Å². The summed E-state index contributed by atoms with van der Waals surface area (Å²) in [6, 6.07) is 0. The van der Waals surface area contributed by atoms with E-state index in [2.05, 4.69) is 17.1 Å². The first-order chi connectivity index (χ1) is 10.2. The van der Waals surface area contributed by atoms with E-state index in [1.807, 2.05) is 7.05 Å². The first-order valence-electron chi connectivity index (χ1n) is 9.18. The summed E-state index contributed by atoms with van der Waals surface area (Å²) in [6.07, 6.45) is 11.5. The van der Waals surface area contributed by atoms with Gasteiger partial charge >= 0.3 is 0 Å². The van der Waals surface area contributed by atoms with Crippen molar-refractivity contribution in [2.24, 2.45) is 17.8 Å². The van der Waals surface area contributed by atoms with Crippen LogP contribution in [0.2, 0.25) is 0 Å². The zero-order valence-corrected chi connectivity index (χ0v) is 14.1. The van der Waals surface area contributed by atoms with Gasteiger partial charge in [-0.05, 0) is 51.1 Å². The van der Waals surface area contributed by atoms with Gasteiger partial charge in [0.15, 0.2) is 0 Å². The molecular weight excluding hydrogens is 260 g/mol. The molecule has 2 rings (SSSR count). The van der Waals surface area contributed by atoms with Crippen LogP contribution >= 0.6 is 0 Å². The van der Waals surface area contributed by atoms with Gasteiger partial charge in [-0.25, -0.2) is 0 Å². The highest BCUT2D eigenvalue weighted by Gasteiger charge is 2.29. The molecule has 122 valence electrons. The number of rotatable bonds is 6. The van der Waals surface area contributed by atoms with Crippen LogP contribution in [0.25, 0.3) is 0 Å². The first kappa shape index (κ1) is 16.8. The lowest BCUT2D eigenvalue weighted by molar-refractivity contribution is -0.138. The number of hydrogen-bond donors (Lipinski definition) is 1. The molecule has 21 heavy (non-hydrogen) atoms. The van der Waals surface area contributed by atoms with Gasteiger partial charge in [-0.15, -0.1) is 0 Å². The summed E-state index contributed by atoms with van der Waals surface area (Å²) < 4.78 is 0. The second-order valence-electron chi connectivity index (χ2n) is 7.20. The van der Waals surface area contributed by atoms with E-state index in [4.69, 9.17) is 0 Å². The molecule has 1 N–H and O–H groups in total. The molecule has 1 heterocycles. The van der Waals surface area contributed by atoms with Crippen LogP contribution in [0.15, 0.2) is 0 Å². The molecule has 1 saturated carbocycles. The average Bonchev–Trinajstić information content (AvgIpc) is 2.53. The molecule has 1 saturated heterocycles. The van der Waals surface area contributed by atoms with E-state index in [9.17, 15) is 4.79 Å². The molecule has 0 radical (unpaired) electrons. The fraction of sp³-hybridized carbons (Fsp3) is 0.944. The van der Waals surface area contributed by atoms with Crippen LogP contribution in [0.4, 0.5) is 0 Å². The molecule has 0 aromatic heterocycles. The summed E-state index contributed by atoms with van der Waals surface area (Å²) >= 11 is 0. The molecule has 0 bridgehead atoms. The topological polar surface area (TPSA) is 32.3 Å². The Hall–Kier alpha value is -0.570. The van der Waals surface area contributed by atoms with Crippen molar-refractivity contribution in [2.75, 3.05) is 26.7 Å². The van der Waals surface area contributed by atoms with Crippen LogP contribution in [0.5, 0.6) is 0 Å². The van der Waals surface area contributed by atoms with Crippen LogP contribution in [-0.4, -0.2) is 37.5 Å². The Labute approximate surface area is 130 Å². The molecule has 1 aliphatic heterocycles. The number of carbonyl (C=O) groups is 1. The smallest absolute Gasteiger partial charge is 0.225 e. The summed E-state index contributed by atoms with van der Waals surface area (Å²) in [5.41, 5.74) is 0. The average molecular weight is 294 g/mol. The van der Waals surface area contributed by atoms with E-state index >= 15 is 0 Å². The van der Waals surface area contributed by atoms with Gasteiger partial charge in [0.1, 0.15) is 0 Å². The molecule has 3 nitrogen and oxygen atoms in total. The Bertz CT molecular complexity index is 310. The lowest BCUT2D eigenvalue weighted by atomic mass is 9.81. The second-order valence-corrected chi connectivity index (χ2v) is 7.20. The molecule has 2 fully saturated rings. The summed E-state index contributed by atoms with van der Waals surface area (Å²) in [5, 5.41) is 3.27. The van der Waals surface area contributed by atoms with Gasteiger partial charge in [0, 0.05) is 19.0 Å². The van der Waals surface area contributed by atoms with Gasteiger partial charge in [-0.3, -0.25) is 4.79 Å². The Balaban J connectivity index is 1.86. The van der Waals surface area contributed by atoms with Gasteiger partial charge in [-0.1, -0.05) is 39.0 Å². The van der Waals surface area contributed by atoms with Crippen molar-refractivity contribution in [3.8, 4) is 0 Å². The zero-order valence-electron chi connectivity index (χ0n) is 14.1. The first-order valence-corrected chi connectivity index (χ1v) is 9.18. The van der Waals surface area contributed by atoms with E-state index in [1.54, 1.807) is 0 Å². The molecule has 2 unspecified atom stereocenters. The largest absolute Gasteiger partial charge is 0.342 e. The highest BCUT2D eigenvalue weighted by molar-refractivity contribution is 5.78. The Morgan fingerprint density at radius 3 is 2.52 bits per heavy atom. The second kappa shape index (κ2) is 8.77. The van der Waals surface area contributed by atoms with Crippen LogP contribution < -0.4 is 5.32 Å². The maximum Gasteiger partial charge on any atom is 0.225 e. The molecule has 0 aromatic rings. The molecule has 2 aliphatic rings. The van der Waals surface area contributed by atoms with Crippen molar-refractivity contribution in [3.05, 3.63) is 0 Å². The summed E-state index contributed by atoms with van der Waals surface area (Å²) in [6.45, 7) is 5.20. The fourth-order valence-electron chi connectivity index (χ4n) is 4.25. The summed E-state index contributed by atoms with van der Waals surface area (Å²) in [7, 11) is 2.01. The predicted molar refractivity (Wildman–Crippen MR) is 88.2 cm³/mol. The number of amides is 1. The van der Waals surface area contributed by atoms with Gasteiger partial charge in [0.05, 0.1) is 0 Å². The third-order valence-electron chi connectivity index (χ3n) is 5.51. The molecule has 0 spiro atoms. The maximum atomic E-state index is 12.9. The van der Waals surface area contributed by atoms with Gasteiger partial charge in [0.25, 0.3) is 0 Å². The Morgan fingerprint density at radius 2 is 1.86 bits per heavy atom. The quantitative estimate of drug-likeness (QED) is 0.814. The minimum Gasteiger partial charge on any atom is -0.342 e. The van der Waals surface area contributed by atoms with Crippen molar-refractivity contribution >= 4 is 5.91 Å². The molecule has 2 atom stereocenters. The molecule has 1 amide bonds.